The molecule has 0 spiro atoms. The smallest absolute Gasteiger partial charge is 0.254 e. The quantitative estimate of drug-likeness (QED) is 0.603. The van der Waals surface area contributed by atoms with E-state index in [1.165, 1.54) is 11.1 Å². The number of para-hydroxylation sites is 1. The van der Waals surface area contributed by atoms with Gasteiger partial charge >= 0.3 is 0 Å². The summed E-state index contributed by atoms with van der Waals surface area (Å²) in [6, 6.07) is 18.3. The van der Waals surface area contributed by atoms with Gasteiger partial charge < -0.3 is 5.32 Å². The summed E-state index contributed by atoms with van der Waals surface area (Å²) in [4.78, 5) is 9.13. The van der Waals surface area contributed by atoms with Gasteiger partial charge in [-0.3, -0.25) is 0 Å². The molecular formula is C20H19N5. The summed E-state index contributed by atoms with van der Waals surface area (Å²) < 4.78 is 1.76. The molecule has 0 fully saturated rings. The SMILES string of the molecule is Cc1cccc(-c2nc3nc(C)cc(Nc4ccccc4C)n3n2)c1. The Bertz CT molecular complexity index is 1060. The molecule has 0 saturated carbocycles. The largest absolute Gasteiger partial charge is 0.340 e. The molecule has 124 valence electrons. The third kappa shape index (κ3) is 2.96. The van der Waals surface area contributed by atoms with Gasteiger partial charge in [0.15, 0.2) is 5.82 Å². The lowest BCUT2D eigenvalue weighted by molar-refractivity contribution is 0.939. The molecular weight excluding hydrogens is 310 g/mol. The summed E-state index contributed by atoms with van der Waals surface area (Å²) in [5.41, 5.74) is 5.28. The Kier molecular flexibility index (Phi) is 3.69. The van der Waals surface area contributed by atoms with E-state index in [0.717, 1.165) is 22.8 Å². The minimum absolute atomic E-state index is 0.590. The van der Waals surface area contributed by atoms with Crippen LogP contribution in [0.15, 0.2) is 54.6 Å². The van der Waals surface area contributed by atoms with Gasteiger partial charge in [-0.05, 0) is 38.5 Å². The van der Waals surface area contributed by atoms with E-state index in [0.29, 0.717) is 11.6 Å². The first-order valence-corrected chi connectivity index (χ1v) is 8.24. The van der Waals surface area contributed by atoms with E-state index in [-0.39, 0.29) is 0 Å². The van der Waals surface area contributed by atoms with Crippen molar-refractivity contribution in [3.05, 3.63) is 71.4 Å². The van der Waals surface area contributed by atoms with Crippen molar-refractivity contribution in [2.24, 2.45) is 0 Å². The van der Waals surface area contributed by atoms with Gasteiger partial charge in [-0.1, -0.05) is 42.0 Å². The van der Waals surface area contributed by atoms with Crippen LogP contribution in [0.25, 0.3) is 17.2 Å². The second-order valence-corrected chi connectivity index (χ2v) is 6.24. The average molecular weight is 329 g/mol. The van der Waals surface area contributed by atoms with Crippen molar-refractivity contribution >= 4 is 17.3 Å². The number of fused-ring (bicyclic) bond motifs is 1. The first-order valence-electron chi connectivity index (χ1n) is 8.24. The highest BCUT2D eigenvalue weighted by Gasteiger charge is 2.12. The van der Waals surface area contributed by atoms with Crippen LogP contribution in [0.2, 0.25) is 0 Å². The van der Waals surface area contributed by atoms with Crippen LogP contribution in [-0.4, -0.2) is 19.6 Å². The number of hydrogen-bond acceptors (Lipinski definition) is 4. The second kappa shape index (κ2) is 6.02. The van der Waals surface area contributed by atoms with Crippen LogP contribution in [0.1, 0.15) is 16.8 Å². The van der Waals surface area contributed by atoms with Crippen molar-refractivity contribution in [2.45, 2.75) is 20.8 Å². The van der Waals surface area contributed by atoms with Gasteiger partial charge in [0.1, 0.15) is 5.82 Å². The zero-order valence-corrected chi connectivity index (χ0v) is 14.5. The van der Waals surface area contributed by atoms with Crippen molar-refractivity contribution < 1.29 is 0 Å². The number of benzene rings is 2. The van der Waals surface area contributed by atoms with Gasteiger partial charge in [0.2, 0.25) is 0 Å². The van der Waals surface area contributed by atoms with E-state index in [2.05, 4.69) is 58.5 Å². The standard InChI is InChI=1S/C20H19N5/c1-13-7-6-9-16(11-13)19-23-20-21-15(3)12-18(25(20)24-19)22-17-10-5-4-8-14(17)2/h4-12,22H,1-3H3. The Balaban J connectivity index is 1.83. The molecule has 25 heavy (non-hydrogen) atoms. The van der Waals surface area contributed by atoms with Crippen molar-refractivity contribution in [3.63, 3.8) is 0 Å². The minimum atomic E-state index is 0.590. The van der Waals surface area contributed by atoms with E-state index in [4.69, 9.17) is 0 Å². The number of nitrogens with one attached hydrogen (secondary N) is 1. The average Bonchev–Trinajstić information content (AvgIpc) is 3.01. The summed E-state index contributed by atoms with van der Waals surface area (Å²) >= 11 is 0. The van der Waals surface area contributed by atoms with Crippen LogP contribution < -0.4 is 5.32 Å². The Labute approximate surface area is 146 Å². The van der Waals surface area contributed by atoms with E-state index in [9.17, 15) is 0 Å². The highest BCUT2D eigenvalue weighted by molar-refractivity contribution is 5.64. The molecule has 0 radical (unpaired) electrons. The number of nitrogens with zero attached hydrogens (tertiary/aromatic N) is 4. The van der Waals surface area contributed by atoms with Crippen LogP contribution in [0.5, 0.6) is 0 Å². The van der Waals surface area contributed by atoms with Crippen LogP contribution in [0, 0.1) is 20.8 Å². The fourth-order valence-corrected chi connectivity index (χ4v) is 2.83. The Morgan fingerprint density at radius 2 is 1.72 bits per heavy atom. The third-order valence-corrected chi connectivity index (χ3v) is 4.12. The Hall–Kier alpha value is -3.21. The molecule has 4 aromatic rings. The summed E-state index contributed by atoms with van der Waals surface area (Å²) in [5, 5.41) is 8.12. The molecule has 0 aliphatic heterocycles. The van der Waals surface area contributed by atoms with Gasteiger partial charge in [0.25, 0.3) is 5.78 Å². The topological polar surface area (TPSA) is 55.1 Å². The maximum atomic E-state index is 4.67. The molecule has 2 aromatic heterocycles. The number of hydrogen-bond donors (Lipinski definition) is 1. The van der Waals surface area contributed by atoms with E-state index in [1.54, 1.807) is 4.52 Å². The lowest BCUT2D eigenvalue weighted by atomic mass is 10.1. The van der Waals surface area contributed by atoms with Gasteiger partial charge in [-0.25, -0.2) is 4.98 Å². The van der Waals surface area contributed by atoms with E-state index in [1.807, 2.05) is 37.3 Å². The van der Waals surface area contributed by atoms with Gasteiger partial charge in [-0.15, -0.1) is 5.10 Å². The summed E-state index contributed by atoms with van der Waals surface area (Å²) in [7, 11) is 0. The molecule has 2 heterocycles. The third-order valence-electron chi connectivity index (χ3n) is 4.12. The molecule has 5 heteroatoms. The van der Waals surface area contributed by atoms with Crippen molar-refractivity contribution in [1.29, 1.82) is 0 Å². The first-order chi connectivity index (χ1) is 12.1. The van der Waals surface area contributed by atoms with Crippen LogP contribution in [0.4, 0.5) is 11.5 Å². The number of aryl methyl sites for hydroxylation is 3. The maximum absolute atomic E-state index is 4.67. The van der Waals surface area contributed by atoms with Gasteiger partial charge in [0, 0.05) is 23.0 Å². The molecule has 0 bridgehead atoms. The van der Waals surface area contributed by atoms with E-state index >= 15 is 0 Å². The molecule has 0 amide bonds. The van der Waals surface area contributed by atoms with Crippen LogP contribution in [0.3, 0.4) is 0 Å². The number of rotatable bonds is 3. The van der Waals surface area contributed by atoms with Crippen molar-refractivity contribution in [2.75, 3.05) is 5.32 Å². The molecule has 4 rings (SSSR count). The predicted molar refractivity (Wildman–Crippen MR) is 100 cm³/mol. The molecule has 0 atom stereocenters. The molecule has 0 aliphatic rings. The molecule has 5 nitrogen and oxygen atoms in total. The highest BCUT2D eigenvalue weighted by atomic mass is 15.4. The van der Waals surface area contributed by atoms with E-state index < -0.39 is 0 Å². The fraction of sp³-hybridized carbons (Fsp3) is 0.150. The van der Waals surface area contributed by atoms with Crippen molar-refractivity contribution in [3.8, 4) is 11.4 Å². The van der Waals surface area contributed by atoms with Gasteiger partial charge in [-0.2, -0.15) is 9.50 Å². The first kappa shape index (κ1) is 15.3. The zero-order chi connectivity index (χ0) is 17.4. The molecule has 0 aliphatic carbocycles. The normalized spacial score (nSPS) is 11.0. The zero-order valence-electron chi connectivity index (χ0n) is 14.5. The Morgan fingerprint density at radius 3 is 2.52 bits per heavy atom. The second-order valence-electron chi connectivity index (χ2n) is 6.24. The minimum Gasteiger partial charge on any atom is -0.340 e. The van der Waals surface area contributed by atoms with Crippen molar-refractivity contribution in [1.82, 2.24) is 19.6 Å². The molecule has 0 unspecified atom stereocenters. The monoisotopic (exact) mass is 329 g/mol. The molecule has 2 aromatic carbocycles. The van der Waals surface area contributed by atoms with Gasteiger partial charge in [0.05, 0.1) is 0 Å². The van der Waals surface area contributed by atoms with Crippen LogP contribution >= 0.6 is 0 Å². The lowest BCUT2D eigenvalue weighted by Crippen LogP contribution is -2.03. The summed E-state index contributed by atoms with van der Waals surface area (Å²) in [6.45, 7) is 6.10. The fourth-order valence-electron chi connectivity index (χ4n) is 2.83. The summed E-state index contributed by atoms with van der Waals surface area (Å²) in [6.07, 6.45) is 0. The Morgan fingerprint density at radius 1 is 0.880 bits per heavy atom. The molecule has 1 N–H and O–H groups in total. The number of aromatic nitrogens is 4. The maximum Gasteiger partial charge on any atom is 0.254 e. The predicted octanol–water partition coefficient (Wildman–Crippen LogP) is 4.46. The van der Waals surface area contributed by atoms with Crippen LogP contribution in [-0.2, 0) is 0 Å². The lowest BCUT2D eigenvalue weighted by Gasteiger charge is -2.10. The molecule has 0 saturated heterocycles. The summed E-state index contributed by atoms with van der Waals surface area (Å²) in [5.74, 6) is 2.12. The number of anilines is 2. The highest BCUT2D eigenvalue weighted by Crippen LogP contribution is 2.23.